The van der Waals surface area contributed by atoms with Crippen molar-refractivity contribution in [2.24, 2.45) is 17.3 Å². The van der Waals surface area contributed by atoms with E-state index in [0.29, 0.717) is 5.57 Å². The van der Waals surface area contributed by atoms with E-state index in [0.717, 1.165) is 25.7 Å². The molecule has 0 N–H and O–H groups in total. The summed E-state index contributed by atoms with van der Waals surface area (Å²) in [7, 11) is 0. The fourth-order valence-corrected chi connectivity index (χ4v) is 4.89. The molecule has 4 heteroatoms. The Hall–Kier alpha value is -1.00. The molecule has 2 aliphatic heterocycles. The van der Waals surface area contributed by atoms with E-state index in [4.69, 9.17) is 9.47 Å². The second-order valence-electron chi connectivity index (χ2n) is 9.08. The average molecular weight is 332 g/mol. The van der Waals surface area contributed by atoms with Gasteiger partial charge < -0.3 is 9.47 Å². The normalized spacial score (nSPS) is 54.0. The van der Waals surface area contributed by atoms with Crippen molar-refractivity contribution in [2.75, 3.05) is 0 Å². The Morgan fingerprint density at radius 2 is 1.67 bits per heavy atom. The number of ketones is 2. The summed E-state index contributed by atoms with van der Waals surface area (Å²) in [5.41, 5.74) is 0.0115. The van der Waals surface area contributed by atoms with E-state index in [1.54, 1.807) is 6.08 Å². The van der Waals surface area contributed by atoms with Crippen LogP contribution in [0.3, 0.4) is 0 Å². The molecule has 2 bridgehead atoms. The molecule has 2 aliphatic carbocycles. The van der Waals surface area contributed by atoms with E-state index in [9.17, 15) is 9.59 Å². The van der Waals surface area contributed by atoms with Crippen molar-refractivity contribution >= 4 is 11.6 Å². The number of rotatable bonds is 0. The first-order valence-electron chi connectivity index (χ1n) is 9.26. The Labute approximate surface area is 144 Å². The number of hydrogen-bond acceptors (Lipinski definition) is 4. The van der Waals surface area contributed by atoms with E-state index in [1.807, 2.05) is 13.8 Å². The van der Waals surface area contributed by atoms with Crippen LogP contribution in [0, 0.1) is 17.3 Å². The van der Waals surface area contributed by atoms with Crippen molar-refractivity contribution in [3.63, 3.8) is 0 Å². The molecule has 0 aromatic carbocycles. The van der Waals surface area contributed by atoms with E-state index in [-0.39, 0.29) is 52.2 Å². The predicted molar refractivity (Wildman–Crippen MR) is 89.6 cm³/mol. The largest absolute Gasteiger partial charge is 0.366 e. The Bertz CT molecular complexity index is 652. The van der Waals surface area contributed by atoms with Gasteiger partial charge in [-0.15, -0.1) is 0 Å². The number of hydrogen-bond donors (Lipinski definition) is 0. The number of fused-ring (bicyclic) bond motifs is 4. The van der Waals surface area contributed by atoms with E-state index in [1.165, 1.54) is 0 Å². The number of carbonyl (C=O) groups excluding carboxylic acids is 2. The van der Waals surface area contributed by atoms with E-state index >= 15 is 0 Å². The van der Waals surface area contributed by atoms with Gasteiger partial charge in [-0.2, -0.15) is 0 Å². The first kappa shape index (κ1) is 16.5. The predicted octanol–water partition coefficient (Wildman–Crippen LogP) is 3.23. The minimum Gasteiger partial charge on any atom is -0.366 e. The summed E-state index contributed by atoms with van der Waals surface area (Å²) in [6, 6.07) is 0. The third kappa shape index (κ3) is 2.19. The summed E-state index contributed by atoms with van der Waals surface area (Å²) in [5.74, 6) is 0.0963. The van der Waals surface area contributed by atoms with Crippen LogP contribution in [0.25, 0.3) is 0 Å². The number of Topliss-reactive ketones (excluding diaryl/α,β-unsaturated/α-hetero) is 1. The molecule has 4 rings (SSSR count). The fourth-order valence-electron chi connectivity index (χ4n) is 4.89. The third-order valence-corrected chi connectivity index (χ3v) is 7.67. The molecule has 3 fully saturated rings. The first-order valence-corrected chi connectivity index (χ1v) is 9.26. The Morgan fingerprint density at radius 3 is 2.38 bits per heavy atom. The molecule has 0 aromatic rings. The fraction of sp³-hybridized carbons (Fsp3) is 0.800. The highest BCUT2D eigenvalue weighted by molar-refractivity contribution is 6.08. The van der Waals surface area contributed by atoms with Crippen LogP contribution in [0.1, 0.15) is 60.3 Å². The minimum absolute atomic E-state index is 0.0246. The lowest BCUT2D eigenvalue weighted by Gasteiger charge is -2.44. The van der Waals surface area contributed by atoms with Crippen LogP contribution in [0.2, 0.25) is 0 Å². The lowest BCUT2D eigenvalue weighted by molar-refractivity contribution is -0.126. The van der Waals surface area contributed by atoms with Crippen LogP contribution >= 0.6 is 0 Å². The van der Waals surface area contributed by atoms with Gasteiger partial charge in [-0.05, 0) is 56.9 Å². The van der Waals surface area contributed by atoms with Crippen LogP contribution in [0.15, 0.2) is 11.6 Å². The van der Waals surface area contributed by atoms with Gasteiger partial charge >= 0.3 is 0 Å². The molecule has 0 spiro atoms. The first-order chi connectivity index (χ1) is 11.1. The van der Waals surface area contributed by atoms with Crippen LogP contribution in [0.5, 0.6) is 0 Å². The number of allylic oxidation sites excluding steroid dienone is 1. The smallest absolute Gasteiger partial charge is 0.190 e. The monoisotopic (exact) mass is 332 g/mol. The van der Waals surface area contributed by atoms with Gasteiger partial charge in [0.25, 0.3) is 0 Å². The second kappa shape index (κ2) is 4.79. The number of epoxide rings is 2. The molecular formula is C20H28O4. The van der Waals surface area contributed by atoms with Crippen molar-refractivity contribution in [3.8, 4) is 0 Å². The summed E-state index contributed by atoms with van der Waals surface area (Å²) in [6.07, 6.45) is 5.10. The average Bonchev–Trinajstić information content (AvgIpc) is 3.40. The van der Waals surface area contributed by atoms with Crippen LogP contribution in [0.4, 0.5) is 0 Å². The van der Waals surface area contributed by atoms with Crippen LogP contribution in [-0.2, 0) is 19.1 Å². The van der Waals surface area contributed by atoms with Crippen molar-refractivity contribution in [1.29, 1.82) is 0 Å². The van der Waals surface area contributed by atoms with Crippen LogP contribution in [-0.4, -0.2) is 35.0 Å². The molecular weight excluding hydrogens is 304 g/mol. The van der Waals surface area contributed by atoms with Gasteiger partial charge in [0.2, 0.25) is 0 Å². The van der Waals surface area contributed by atoms with Crippen LogP contribution < -0.4 is 0 Å². The Kier molecular flexibility index (Phi) is 3.29. The number of ether oxygens (including phenoxy) is 2. The maximum absolute atomic E-state index is 13.0. The molecule has 132 valence electrons. The topological polar surface area (TPSA) is 59.2 Å². The standard InChI is InChI=1S/C20H28O4/c1-11-13-10-14(21)12(2)18(11,3)8-9-19(4)15(23-19)6-7-20(5)17(24-20)16(13)22/h10-12,15,17H,6-9H2,1-5H3/t11-,12+,15-,17+,18-,19+,20+/m0/s1. The Balaban J connectivity index is 1.73. The van der Waals surface area contributed by atoms with Gasteiger partial charge in [-0.1, -0.05) is 20.8 Å². The highest BCUT2D eigenvalue weighted by Gasteiger charge is 2.62. The summed E-state index contributed by atoms with van der Waals surface area (Å²) in [6.45, 7) is 10.5. The van der Waals surface area contributed by atoms with Crippen molar-refractivity contribution < 1.29 is 19.1 Å². The van der Waals surface area contributed by atoms with Crippen molar-refractivity contribution in [1.82, 2.24) is 0 Å². The summed E-state index contributed by atoms with van der Waals surface area (Å²) < 4.78 is 11.8. The third-order valence-electron chi connectivity index (χ3n) is 7.67. The zero-order chi connectivity index (χ0) is 17.5. The highest BCUT2D eigenvalue weighted by Crippen LogP contribution is 2.55. The van der Waals surface area contributed by atoms with Gasteiger partial charge in [-0.25, -0.2) is 0 Å². The molecule has 0 amide bonds. The maximum atomic E-state index is 13.0. The number of carbonyl (C=O) groups is 2. The summed E-state index contributed by atoms with van der Waals surface area (Å²) >= 11 is 0. The van der Waals surface area contributed by atoms with Gasteiger partial charge in [0.15, 0.2) is 11.6 Å². The molecule has 7 atom stereocenters. The quantitative estimate of drug-likeness (QED) is 0.639. The minimum atomic E-state index is -0.388. The van der Waals surface area contributed by atoms with Gasteiger partial charge in [0, 0.05) is 11.5 Å². The summed E-state index contributed by atoms with van der Waals surface area (Å²) in [4.78, 5) is 25.6. The molecule has 4 nitrogen and oxygen atoms in total. The van der Waals surface area contributed by atoms with Gasteiger partial charge in [-0.3, -0.25) is 9.59 Å². The Morgan fingerprint density at radius 1 is 0.958 bits per heavy atom. The molecule has 1 saturated carbocycles. The lowest BCUT2D eigenvalue weighted by atomic mass is 9.58. The molecule has 2 saturated heterocycles. The van der Waals surface area contributed by atoms with Gasteiger partial charge in [0.1, 0.15) is 11.7 Å². The lowest BCUT2D eigenvalue weighted by Crippen LogP contribution is -2.44. The zero-order valence-corrected chi connectivity index (χ0v) is 15.3. The molecule has 2 heterocycles. The SMILES string of the molecule is C[C@@H]1C(=O)C=C2C(=O)[C@H]3O[C@]3(C)CC[C@@H]3O[C@]3(C)CC[C@@]1(C)[C@H]2C. The summed E-state index contributed by atoms with van der Waals surface area (Å²) in [5, 5.41) is 0. The molecule has 4 aliphatic rings. The molecule has 0 aromatic heterocycles. The van der Waals surface area contributed by atoms with Crippen molar-refractivity contribution in [2.45, 2.75) is 83.7 Å². The van der Waals surface area contributed by atoms with Crippen molar-refractivity contribution in [3.05, 3.63) is 11.6 Å². The van der Waals surface area contributed by atoms with E-state index < -0.39 is 0 Å². The van der Waals surface area contributed by atoms with Gasteiger partial charge in [0.05, 0.1) is 11.7 Å². The second-order valence-corrected chi connectivity index (χ2v) is 9.08. The zero-order valence-electron chi connectivity index (χ0n) is 15.3. The maximum Gasteiger partial charge on any atom is 0.190 e. The molecule has 0 radical (unpaired) electrons. The molecule has 24 heavy (non-hydrogen) atoms. The molecule has 0 unspecified atom stereocenters. The highest BCUT2D eigenvalue weighted by atomic mass is 16.6. The van der Waals surface area contributed by atoms with E-state index in [2.05, 4.69) is 20.8 Å².